The van der Waals surface area contributed by atoms with E-state index in [2.05, 4.69) is 5.32 Å². The molecule has 0 saturated heterocycles. The topological polar surface area (TPSA) is 147 Å². The van der Waals surface area contributed by atoms with Crippen molar-refractivity contribution in [2.24, 2.45) is 5.73 Å². The summed E-state index contributed by atoms with van der Waals surface area (Å²) < 4.78 is 21.8. The average molecular weight is 295 g/mol. The van der Waals surface area contributed by atoms with Gasteiger partial charge in [-0.2, -0.15) is 0 Å². The highest BCUT2D eigenvalue weighted by Crippen LogP contribution is 1.95. The maximum Gasteiger partial charge on any atom is 0.326 e. The second-order valence-electron chi connectivity index (χ2n) is 4.06. The SMILES string of the molecule is CN(CCS(C)(=O)=O)C(=O)N[C@H](CC(N)=O)C(=O)O. The van der Waals surface area contributed by atoms with Gasteiger partial charge < -0.3 is 21.1 Å². The third-order valence-electron chi connectivity index (χ3n) is 2.15. The van der Waals surface area contributed by atoms with E-state index >= 15 is 0 Å². The van der Waals surface area contributed by atoms with Crippen LogP contribution in [0.3, 0.4) is 0 Å². The van der Waals surface area contributed by atoms with Crippen LogP contribution in [0.4, 0.5) is 4.79 Å². The second-order valence-corrected chi connectivity index (χ2v) is 6.32. The van der Waals surface area contributed by atoms with E-state index in [0.717, 1.165) is 11.2 Å². The molecule has 0 aromatic rings. The number of carbonyl (C=O) groups is 3. The van der Waals surface area contributed by atoms with Gasteiger partial charge in [-0.1, -0.05) is 0 Å². The van der Waals surface area contributed by atoms with Crippen LogP contribution in [0.5, 0.6) is 0 Å². The zero-order valence-electron chi connectivity index (χ0n) is 10.6. The molecule has 0 aromatic carbocycles. The van der Waals surface area contributed by atoms with Crippen LogP contribution in [0.25, 0.3) is 0 Å². The Kier molecular flexibility index (Phi) is 6.25. The molecule has 9 nitrogen and oxygen atoms in total. The Bertz CT molecular complexity index is 461. The molecular weight excluding hydrogens is 278 g/mol. The van der Waals surface area contributed by atoms with Crippen molar-refractivity contribution in [2.45, 2.75) is 12.5 Å². The van der Waals surface area contributed by atoms with Gasteiger partial charge in [0.1, 0.15) is 15.9 Å². The summed E-state index contributed by atoms with van der Waals surface area (Å²) in [6.45, 7) is -0.0897. The molecule has 0 heterocycles. The number of nitrogens with zero attached hydrogens (tertiary/aromatic N) is 1. The van der Waals surface area contributed by atoms with Crippen molar-refractivity contribution in [3.63, 3.8) is 0 Å². The summed E-state index contributed by atoms with van der Waals surface area (Å²) in [5.74, 6) is -2.51. The normalized spacial score (nSPS) is 12.5. The van der Waals surface area contributed by atoms with Crippen LogP contribution in [0, 0.1) is 0 Å². The Labute approximate surface area is 110 Å². The Hall–Kier alpha value is -1.84. The molecule has 0 aromatic heterocycles. The highest BCUT2D eigenvalue weighted by Gasteiger charge is 2.23. The van der Waals surface area contributed by atoms with Gasteiger partial charge in [0, 0.05) is 19.8 Å². The number of carboxylic acids is 1. The van der Waals surface area contributed by atoms with Gasteiger partial charge in [-0.3, -0.25) is 4.79 Å². The van der Waals surface area contributed by atoms with E-state index in [9.17, 15) is 22.8 Å². The molecule has 0 aliphatic rings. The minimum Gasteiger partial charge on any atom is -0.480 e. The second kappa shape index (κ2) is 6.92. The lowest BCUT2D eigenvalue weighted by molar-refractivity contribution is -0.140. The largest absolute Gasteiger partial charge is 0.480 e. The van der Waals surface area contributed by atoms with Crippen molar-refractivity contribution in [3.05, 3.63) is 0 Å². The number of amides is 3. The highest BCUT2D eigenvalue weighted by atomic mass is 32.2. The summed E-state index contributed by atoms with van der Waals surface area (Å²) in [6.07, 6.45) is 0.479. The van der Waals surface area contributed by atoms with Crippen molar-refractivity contribution < 1.29 is 27.9 Å². The molecule has 0 saturated carbocycles. The number of sulfone groups is 1. The first-order chi connectivity index (χ1) is 8.53. The number of hydrogen-bond donors (Lipinski definition) is 3. The lowest BCUT2D eigenvalue weighted by atomic mass is 10.2. The number of nitrogens with two attached hydrogens (primary N) is 1. The summed E-state index contributed by atoms with van der Waals surface area (Å²) in [6, 6.07) is -2.23. The van der Waals surface area contributed by atoms with E-state index < -0.39 is 40.2 Å². The number of aliphatic carboxylic acids is 1. The molecule has 19 heavy (non-hydrogen) atoms. The number of hydrogen-bond acceptors (Lipinski definition) is 5. The fourth-order valence-corrected chi connectivity index (χ4v) is 1.67. The first-order valence-electron chi connectivity index (χ1n) is 5.23. The van der Waals surface area contributed by atoms with Crippen molar-refractivity contribution in [1.82, 2.24) is 10.2 Å². The van der Waals surface area contributed by atoms with Crippen LogP contribution in [0.15, 0.2) is 0 Å². The minimum atomic E-state index is -3.23. The Morgan fingerprint density at radius 2 is 1.89 bits per heavy atom. The number of urea groups is 1. The summed E-state index contributed by atoms with van der Waals surface area (Å²) in [4.78, 5) is 34.0. The van der Waals surface area contributed by atoms with Gasteiger partial charge in [-0.25, -0.2) is 18.0 Å². The third kappa shape index (κ3) is 7.97. The zero-order chi connectivity index (χ0) is 15.2. The van der Waals surface area contributed by atoms with Gasteiger partial charge >= 0.3 is 12.0 Å². The van der Waals surface area contributed by atoms with Gasteiger partial charge in [0.25, 0.3) is 0 Å². The van der Waals surface area contributed by atoms with Crippen molar-refractivity contribution in [3.8, 4) is 0 Å². The number of carbonyl (C=O) groups excluding carboxylic acids is 2. The summed E-state index contributed by atoms with van der Waals surface area (Å²) in [7, 11) is -1.92. The molecule has 0 aliphatic heterocycles. The van der Waals surface area contributed by atoms with E-state index in [0.29, 0.717) is 0 Å². The summed E-state index contributed by atoms with van der Waals surface area (Å²) in [5.41, 5.74) is 4.85. The number of nitrogens with one attached hydrogen (secondary N) is 1. The number of primary amides is 1. The van der Waals surface area contributed by atoms with Crippen molar-refractivity contribution in [1.29, 1.82) is 0 Å². The fourth-order valence-electron chi connectivity index (χ4n) is 1.06. The molecule has 0 unspecified atom stereocenters. The third-order valence-corrected chi connectivity index (χ3v) is 3.07. The van der Waals surface area contributed by atoms with E-state index in [-0.39, 0.29) is 12.3 Å². The predicted molar refractivity (Wildman–Crippen MR) is 66.1 cm³/mol. The maximum atomic E-state index is 11.6. The molecule has 3 amide bonds. The lowest BCUT2D eigenvalue weighted by Gasteiger charge is -2.20. The first-order valence-corrected chi connectivity index (χ1v) is 7.29. The van der Waals surface area contributed by atoms with E-state index in [1.165, 1.54) is 7.05 Å². The summed E-state index contributed by atoms with van der Waals surface area (Å²) in [5, 5.41) is 10.9. The minimum absolute atomic E-state index is 0.0897. The molecule has 0 radical (unpaired) electrons. The Balaban J connectivity index is 4.47. The van der Waals surface area contributed by atoms with Gasteiger partial charge in [-0.15, -0.1) is 0 Å². The fraction of sp³-hybridized carbons (Fsp3) is 0.667. The molecule has 4 N–H and O–H groups in total. The van der Waals surface area contributed by atoms with Gasteiger partial charge in [0.15, 0.2) is 0 Å². The molecule has 0 spiro atoms. The lowest BCUT2D eigenvalue weighted by Crippen LogP contribution is -2.49. The summed E-state index contributed by atoms with van der Waals surface area (Å²) >= 11 is 0. The molecular formula is C9H17N3O6S. The quantitative estimate of drug-likeness (QED) is 0.495. The average Bonchev–Trinajstić information content (AvgIpc) is 2.22. The molecule has 0 bridgehead atoms. The van der Waals surface area contributed by atoms with E-state index in [1.807, 2.05) is 0 Å². The van der Waals surface area contributed by atoms with Gasteiger partial charge in [0.2, 0.25) is 5.91 Å². The van der Waals surface area contributed by atoms with Gasteiger partial charge in [-0.05, 0) is 0 Å². The van der Waals surface area contributed by atoms with Crippen LogP contribution in [-0.4, -0.2) is 68.0 Å². The van der Waals surface area contributed by atoms with Gasteiger partial charge in [0.05, 0.1) is 12.2 Å². The molecule has 0 fully saturated rings. The Morgan fingerprint density at radius 3 is 2.26 bits per heavy atom. The molecule has 110 valence electrons. The van der Waals surface area contributed by atoms with Crippen molar-refractivity contribution in [2.75, 3.05) is 25.6 Å². The van der Waals surface area contributed by atoms with Crippen LogP contribution in [-0.2, 0) is 19.4 Å². The monoisotopic (exact) mass is 295 g/mol. The van der Waals surface area contributed by atoms with Crippen LogP contribution in [0.2, 0.25) is 0 Å². The van der Waals surface area contributed by atoms with Crippen LogP contribution < -0.4 is 11.1 Å². The zero-order valence-corrected chi connectivity index (χ0v) is 11.4. The molecule has 1 atom stereocenters. The number of carboxylic acid groups (broad SMARTS) is 1. The number of rotatable bonds is 7. The highest BCUT2D eigenvalue weighted by molar-refractivity contribution is 7.90. The first kappa shape index (κ1) is 17.2. The predicted octanol–water partition coefficient (Wildman–Crippen LogP) is -2.00. The van der Waals surface area contributed by atoms with E-state index in [4.69, 9.17) is 10.8 Å². The maximum absolute atomic E-state index is 11.6. The smallest absolute Gasteiger partial charge is 0.326 e. The van der Waals surface area contributed by atoms with Crippen molar-refractivity contribution >= 4 is 27.7 Å². The molecule has 0 aliphatic carbocycles. The van der Waals surface area contributed by atoms with Crippen LogP contribution >= 0.6 is 0 Å². The Morgan fingerprint density at radius 1 is 1.37 bits per heavy atom. The van der Waals surface area contributed by atoms with Crippen LogP contribution in [0.1, 0.15) is 6.42 Å². The molecule has 0 rings (SSSR count). The standard InChI is InChI=1S/C9H17N3O6S/c1-12(3-4-19(2,17)18)9(16)11-6(8(14)15)5-7(10)13/h6H,3-5H2,1-2H3,(H2,10,13)(H,11,16)(H,14,15)/t6-/m1/s1. The molecule has 10 heteroatoms. The van der Waals surface area contributed by atoms with E-state index in [1.54, 1.807) is 0 Å².